The van der Waals surface area contributed by atoms with Crippen LogP contribution in [-0.4, -0.2) is 21.0 Å². The number of nitrogens with one attached hydrogen (secondary N) is 1. The van der Waals surface area contributed by atoms with E-state index in [2.05, 4.69) is 15.6 Å². The molecule has 0 bridgehead atoms. The van der Waals surface area contributed by atoms with Crippen molar-refractivity contribution in [3.8, 4) is 5.69 Å². The van der Waals surface area contributed by atoms with Crippen LogP contribution in [0.3, 0.4) is 0 Å². The molecule has 1 aliphatic carbocycles. The molecule has 19 heavy (non-hydrogen) atoms. The minimum Gasteiger partial charge on any atom is -0.308 e. The predicted molar refractivity (Wildman–Crippen MR) is 61.1 cm³/mol. The van der Waals surface area contributed by atoms with Gasteiger partial charge in [-0.05, 0) is 12.8 Å². The van der Waals surface area contributed by atoms with Crippen molar-refractivity contribution in [2.45, 2.75) is 25.4 Å². The SMILES string of the molecule is Fc1cc(-n2cc(CNC3CC3)nn2)cc(F)c1F. The molecule has 0 saturated heterocycles. The first-order valence-corrected chi connectivity index (χ1v) is 5.93. The highest BCUT2D eigenvalue weighted by Crippen LogP contribution is 2.19. The van der Waals surface area contributed by atoms with E-state index < -0.39 is 17.5 Å². The summed E-state index contributed by atoms with van der Waals surface area (Å²) in [5.41, 5.74) is 0.763. The van der Waals surface area contributed by atoms with Crippen molar-refractivity contribution in [3.63, 3.8) is 0 Å². The van der Waals surface area contributed by atoms with E-state index in [0.29, 0.717) is 18.3 Å². The number of benzene rings is 1. The molecule has 0 spiro atoms. The van der Waals surface area contributed by atoms with E-state index in [1.807, 2.05) is 0 Å². The van der Waals surface area contributed by atoms with Gasteiger partial charge in [0.25, 0.3) is 0 Å². The lowest BCUT2D eigenvalue weighted by atomic mass is 10.3. The van der Waals surface area contributed by atoms with Crippen LogP contribution in [0.5, 0.6) is 0 Å². The van der Waals surface area contributed by atoms with Crippen molar-refractivity contribution < 1.29 is 13.2 Å². The highest BCUT2D eigenvalue weighted by atomic mass is 19.2. The Kier molecular flexibility index (Phi) is 2.98. The molecule has 4 nitrogen and oxygen atoms in total. The molecule has 0 radical (unpaired) electrons. The molecule has 3 rings (SSSR count). The largest absolute Gasteiger partial charge is 0.308 e. The molecule has 0 atom stereocenters. The van der Waals surface area contributed by atoms with Gasteiger partial charge in [-0.2, -0.15) is 0 Å². The first kappa shape index (κ1) is 12.2. The monoisotopic (exact) mass is 268 g/mol. The Balaban J connectivity index is 1.81. The van der Waals surface area contributed by atoms with Crippen LogP contribution in [0.2, 0.25) is 0 Å². The summed E-state index contributed by atoms with van der Waals surface area (Å²) in [6.07, 6.45) is 3.87. The average molecular weight is 268 g/mol. The first-order chi connectivity index (χ1) is 9.13. The molecule has 2 aromatic rings. The summed E-state index contributed by atoms with van der Waals surface area (Å²) in [7, 11) is 0. The third-order valence-electron chi connectivity index (χ3n) is 2.92. The number of nitrogens with zero attached hydrogens (tertiary/aromatic N) is 3. The first-order valence-electron chi connectivity index (χ1n) is 5.93. The third kappa shape index (κ3) is 2.60. The number of aromatic nitrogens is 3. The van der Waals surface area contributed by atoms with Gasteiger partial charge < -0.3 is 5.32 Å². The predicted octanol–water partition coefficient (Wildman–Crippen LogP) is 1.94. The van der Waals surface area contributed by atoms with Crippen LogP contribution in [0.15, 0.2) is 18.3 Å². The van der Waals surface area contributed by atoms with E-state index in [4.69, 9.17) is 0 Å². The molecule has 0 amide bonds. The molecule has 0 unspecified atom stereocenters. The lowest BCUT2D eigenvalue weighted by Crippen LogP contribution is -2.15. The van der Waals surface area contributed by atoms with Gasteiger partial charge in [0.05, 0.1) is 17.6 Å². The van der Waals surface area contributed by atoms with Gasteiger partial charge in [0, 0.05) is 24.7 Å². The van der Waals surface area contributed by atoms with Crippen molar-refractivity contribution in [3.05, 3.63) is 41.5 Å². The molecular formula is C12H11F3N4. The number of hydrogen-bond donors (Lipinski definition) is 1. The van der Waals surface area contributed by atoms with Gasteiger partial charge in [0.1, 0.15) is 0 Å². The Morgan fingerprint density at radius 2 is 1.89 bits per heavy atom. The molecule has 7 heteroatoms. The summed E-state index contributed by atoms with van der Waals surface area (Å²) in [4.78, 5) is 0. The maximum absolute atomic E-state index is 13.1. The van der Waals surface area contributed by atoms with E-state index in [1.54, 1.807) is 6.20 Å². The van der Waals surface area contributed by atoms with Crippen LogP contribution < -0.4 is 5.32 Å². The van der Waals surface area contributed by atoms with Gasteiger partial charge in [0.2, 0.25) is 0 Å². The Morgan fingerprint density at radius 1 is 1.21 bits per heavy atom. The Bertz CT molecular complexity index is 584. The van der Waals surface area contributed by atoms with Crippen LogP contribution in [0.4, 0.5) is 13.2 Å². The maximum Gasteiger partial charge on any atom is 0.194 e. The van der Waals surface area contributed by atoms with Gasteiger partial charge in [0.15, 0.2) is 17.5 Å². The molecule has 1 aliphatic rings. The van der Waals surface area contributed by atoms with Crippen LogP contribution >= 0.6 is 0 Å². The van der Waals surface area contributed by atoms with Crippen LogP contribution in [0, 0.1) is 17.5 Å². The zero-order valence-corrected chi connectivity index (χ0v) is 9.91. The highest BCUT2D eigenvalue weighted by molar-refractivity contribution is 5.32. The van der Waals surface area contributed by atoms with Crippen molar-refractivity contribution in [2.24, 2.45) is 0 Å². The minimum atomic E-state index is -1.49. The normalized spacial score (nSPS) is 14.9. The van der Waals surface area contributed by atoms with Crippen molar-refractivity contribution in [1.82, 2.24) is 20.3 Å². The number of rotatable bonds is 4. The molecule has 100 valence electrons. The molecule has 1 N–H and O–H groups in total. The van der Waals surface area contributed by atoms with E-state index in [9.17, 15) is 13.2 Å². The van der Waals surface area contributed by atoms with Gasteiger partial charge >= 0.3 is 0 Å². The quantitative estimate of drug-likeness (QED) is 0.862. The summed E-state index contributed by atoms with van der Waals surface area (Å²) in [5.74, 6) is -3.98. The van der Waals surface area contributed by atoms with Gasteiger partial charge in [-0.15, -0.1) is 5.10 Å². The summed E-state index contributed by atoms with van der Waals surface area (Å²) in [6.45, 7) is 0.552. The van der Waals surface area contributed by atoms with E-state index in [0.717, 1.165) is 25.0 Å². The summed E-state index contributed by atoms with van der Waals surface area (Å²) >= 11 is 0. The Morgan fingerprint density at radius 3 is 2.53 bits per heavy atom. The van der Waals surface area contributed by atoms with Crippen LogP contribution in [0.25, 0.3) is 5.69 Å². The van der Waals surface area contributed by atoms with Crippen molar-refractivity contribution in [1.29, 1.82) is 0 Å². The molecule has 0 aliphatic heterocycles. The summed E-state index contributed by atoms with van der Waals surface area (Å²) in [6, 6.07) is 2.29. The smallest absolute Gasteiger partial charge is 0.194 e. The minimum absolute atomic E-state index is 0.0987. The standard InChI is InChI=1S/C12H11F3N4/c13-10-3-9(4-11(14)12(10)15)19-6-8(17-18-19)5-16-7-1-2-7/h3-4,6-7,16H,1-2,5H2. The molecular weight excluding hydrogens is 257 g/mol. The topological polar surface area (TPSA) is 42.7 Å². The zero-order chi connectivity index (χ0) is 13.4. The molecule has 1 aromatic carbocycles. The highest BCUT2D eigenvalue weighted by Gasteiger charge is 2.20. The summed E-state index contributed by atoms with van der Waals surface area (Å²) in [5, 5.41) is 10.9. The van der Waals surface area contributed by atoms with E-state index in [-0.39, 0.29) is 5.69 Å². The van der Waals surface area contributed by atoms with Gasteiger partial charge in [-0.25, -0.2) is 17.9 Å². The van der Waals surface area contributed by atoms with Gasteiger partial charge in [-0.1, -0.05) is 5.21 Å². The van der Waals surface area contributed by atoms with Crippen molar-refractivity contribution in [2.75, 3.05) is 0 Å². The second-order valence-electron chi connectivity index (χ2n) is 4.53. The molecule has 1 heterocycles. The third-order valence-corrected chi connectivity index (χ3v) is 2.92. The Labute approximate surface area is 107 Å². The molecule has 1 aromatic heterocycles. The average Bonchev–Trinajstić information content (AvgIpc) is 3.10. The zero-order valence-electron chi connectivity index (χ0n) is 9.91. The van der Waals surface area contributed by atoms with Crippen LogP contribution in [-0.2, 0) is 6.54 Å². The second-order valence-corrected chi connectivity index (χ2v) is 4.53. The van der Waals surface area contributed by atoms with E-state index >= 15 is 0 Å². The van der Waals surface area contributed by atoms with Crippen molar-refractivity contribution >= 4 is 0 Å². The number of hydrogen-bond acceptors (Lipinski definition) is 3. The molecule has 1 saturated carbocycles. The fourth-order valence-corrected chi connectivity index (χ4v) is 1.72. The molecule has 1 fully saturated rings. The fourth-order valence-electron chi connectivity index (χ4n) is 1.72. The maximum atomic E-state index is 13.1. The van der Waals surface area contributed by atoms with E-state index in [1.165, 1.54) is 4.68 Å². The fraction of sp³-hybridized carbons (Fsp3) is 0.333. The number of halogens is 3. The Hall–Kier alpha value is -1.89. The van der Waals surface area contributed by atoms with Crippen LogP contribution in [0.1, 0.15) is 18.5 Å². The second kappa shape index (κ2) is 4.65. The summed E-state index contributed by atoms with van der Waals surface area (Å²) < 4.78 is 40.3. The lowest BCUT2D eigenvalue weighted by molar-refractivity contribution is 0.446. The van der Waals surface area contributed by atoms with Gasteiger partial charge in [-0.3, -0.25) is 0 Å². The lowest BCUT2D eigenvalue weighted by Gasteiger charge is -2.02.